The van der Waals surface area contributed by atoms with Crippen LogP contribution < -0.4 is 4.90 Å². The molecule has 0 fully saturated rings. The van der Waals surface area contributed by atoms with E-state index in [0.717, 1.165) is 22.3 Å². The molecule has 2 aromatic heterocycles. The summed E-state index contributed by atoms with van der Waals surface area (Å²) in [6.07, 6.45) is 8.83. The second-order valence-electron chi connectivity index (χ2n) is 13.3. The standard InChI is InChI=1S/C42H31N5/c1-42(2)33-20-10-6-16-27(33)31-25-38-32(24-34(31)42)30-19-9-13-23-37(30)47(38)41-44-39(26-14-4-3-5-15-26)43-40(45-41)46-35-21-11-7-17-28(35)29-18-8-12-22-36(29)46/h3-25,28,35H,1-2H3. The molecule has 5 aromatic carbocycles. The molecule has 5 heteroatoms. The van der Waals surface area contributed by atoms with Gasteiger partial charge in [0.15, 0.2) is 5.82 Å². The van der Waals surface area contributed by atoms with E-state index in [9.17, 15) is 0 Å². The minimum atomic E-state index is -0.0915. The molecule has 0 spiro atoms. The predicted octanol–water partition coefficient (Wildman–Crippen LogP) is 9.67. The number of hydrogen-bond acceptors (Lipinski definition) is 4. The summed E-state index contributed by atoms with van der Waals surface area (Å²) in [5, 5.41) is 2.39. The van der Waals surface area contributed by atoms with E-state index in [4.69, 9.17) is 15.0 Å². The summed E-state index contributed by atoms with van der Waals surface area (Å²) in [4.78, 5) is 18.1. The number of rotatable bonds is 3. The van der Waals surface area contributed by atoms with E-state index in [2.05, 4.69) is 145 Å². The third-order valence-electron chi connectivity index (χ3n) is 10.4. The second kappa shape index (κ2) is 9.60. The van der Waals surface area contributed by atoms with Gasteiger partial charge in [0, 0.05) is 33.4 Å². The second-order valence-corrected chi connectivity index (χ2v) is 13.3. The average molecular weight is 606 g/mol. The number of fused-ring (bicyclic) bond motifs is 9. The predicted molar refractivity (Wildman–Crippen MR) is 191 cm³/mol. The fourth-order valence-electron chi connectivity index (χ4n) is 8.18. The Morgan fingerprint density at radius 1 is 0.596 bits per heavy atom. The molecule has 2 unspecified atom stereocenters. The summed E-state index contributed by atoms with van der Waals surface area (Å²) in [7, 11) is 0. The number of aromatic nitrogens is 4. The molecule has 3 aliphatic rings. The molecule has 0 saturated heterocycles. The van der Waals surface area contributed by atoms with Gasteiger partial charge in [0.1, 0.15) is 0 Å². The number of anilines is 2. The highest BCUT2D eigenvalue weighted by molar-refractivity contribution is 6.11. The topological polar surface area (TPSA) is 46.8 Å². The Morgan fingerprint density at radius 3 is 2.26 bits per heavy atom. The Morgan fingerprint density at radius 2 is 1.34 bits per heavy atom. The zero-order valence-electron chi connectivity index (χ0n) is 26.2. The number of hydrogen-bond donors (Lipinski definition) is 0. The molecule has 7 aromatic rings. The van der Waals surface area contributed by atoms with E-state index in [1.54, 1.807) is 0 Å². The molecule has 2 atom stereocenters. The fourth-order valence-corrected chi connectivity index (χ4v) is 8.18. The van der Waals surface area contributed by atoms with E-state index in [1.165, 1.54) is 38.6 Å². The Hall–Kier alpha value is -5.81. The van der Waals surface area contributed by atoms with Crippen molar-refractivity contribution in [3.8, 4) is 28.5 Å². The van der Waals surface area contributed by atoms with Crippen LogP contribution in [0.1, 0.15) is 36.5 Å². The number of nitrogens with zero attached hydrogens (tertiary/aromatic N) is 5. The molecule has 0 amide bonds. The van der Waals surface area contributed by atoms with Gasteiger partial charge >= 0.3 is 0 Å². The monoisotopic (exact) mass is 605 g/mol. The highest BCUT2D eigenvalue weighted by Crippen LogP contribution is 2.51. The maximum absolute atomic E-state index is 5.35. The Balaban J connectivity index is 1.27. The van der Waals surface area contributed by atoms with E-state index < -0.39 is 0 Å². The lowest BCUT2D eigenvalue weighted by Crippen LogP contribution is -2.30. The van der Waals surface area contributed by atoms with Gasteiger partial charge in [-0.15, -0.1) is 0 Å². The lowest BCUT2D eigenvalue weighted by atomic mass is 9.82. The van der Waals surface area contributed by atoms with Crippen molar-refractivity contribution >= 4 is 33.4 Å². The van der Waals surface area contributed by atoms with Gasteiger partial charge in [-0.2, -0.15) is 15.0 Å². The zero-order valence-corrected chi connectivity index (χ0v) is 26.2. The van der Waals surface area contributed by atoms with Crippen molar-refractivity contribution < 1.29 is 0 Å². The van der Waals surface area contributed by atoms with Crippen molar-refractivity contribution in [2.45, 2.75) is 31.2 Å². The summed E-state index contributed by atoms with van der Waals surface area (Å²) in [6, 6.07) is 41.2. The molecule has 47 heavy (non-hydrogen) atoms. The van der Waals surface area contributed by atoms with Gasteiger partial charge in [-0.25, -0.2) is 0 Å². The maximum Gasteiger partial charge on any atom is 0.240 e. The molecular formula is C42H31N5. The average Bonchev–Trinajstić information content (AvgIpc) is 3.71. The minimum Gasteiger partial charge on any atom is -0.302 e. The molecular weight excluding hydrogens is 574 g/mol. The van der Waals surface area contributed by atoms with Gasteiger partial charge in [0.25, 0.3) is 0 Å². The van der Waals surface area contributed by atoms with Gasteiger partial charge in [0.05, 0.1) is 17.1 Å². The van der Waals surface area contributed by atoms with E-state index in [0.29, 0.717) is 17.7 Å². The first-order valence-electron chi connectivity index (χ1n) is 16.3. The van der Waals surface area contributed by atoms with Crippen molar-refractivity contribution in [1.29, 1.82) is 0 Å². The molecule has 1 aliphatic heterocycles. The van der Waals surface area contributed by atoms with E-state index >= 15 is 0 Å². The number of benzene rings is 5. The van der Waals surface area contributed by atoms with Crippen molar-refractivity contribution in [3.63, 3.8) is 0 Å². The van der Waals surface area contributed by atoms with Crippen LogP contribution in [0.2, 0.25) is 0 Å². The van der Waals surface area contributed by atoms with Crippen molar-refractivity contribution in [3.05, 3.63) is 156 Å². The molecule has 0 saturated carbocycles. The lowest BCUT2D eigenvalue weighted by molar-refractivity contribution is 0.661. The summed E-state index contributed by atoms with van der Waals surface area (Å²) in [6.45, 7) is 4.67. The molecule has 0 N–H and O–H groups in total. The molecule has 0 bridgehead atoms. The van der Waals surface area contributed by atoms with Crippen LogP contribution >= 0.6 is 0 Å². The summed E-state index contributed by atoms with van der Waals surface area (Å²) >= 11 is 0. The smallest absolute Gasteiger partial charge is 0.240 e. The molecule has 3 heterocycles. The van der Waals surface area contributed by atoms with Gasteiger partial charge < -0.3 is 4.90 Å². The normalized spacial score (nSPS) is 18.4. The largest absolute Gasteiger partial charge is 0.302 e. The Labute approximate surface area is 273 Å². The maximum atomic E-state index is 5.35. The third kappa shape index (κ3) is 3.68. The Kier molecular flexibility index (Phi) is 5.39. The molecule has 224 valence electrons. The van der Waals surface area contributed by atoms with Crippen LogP contribution in [-0.2, 0) is 5.41 Å². The minimum absolute atomic E-state index is 0.0800. The molecule has 0 radical (unpaired) electrons. The van der Waals surface area contributed by atoms with Gasteiger partial charge in [-0.3, -0.25) is 4.57 Å². The highest BCUT2D eigenvalue weighted by atomic mass is 15.3. The van der Waals surface area contributed by atoms with Gasteiger partial charge in [-0.05, 0) is 52.1 Å². The third-order valence-corrected chi connectivity index (χ3v) is 10.4. The summed E-state index contributed by atoms with van der Waals surface area (Å²) in [5.74, 6) is 2.14. The fraction of sp³-hybridized carbons (Fsp3) is 0.119. The van der Waals surface area contributed by atoms with Crippen LogP contribution in [0.5, 0.6) is 0 Å². The van der Waals surface area contributed by atoms with Crippen LogP contribution in [-0.4, -0.2) is 25.6 Å². The van der Waals surface area contributed by atoms with Crippen LogP contribution in [0.15, 0.2) is 140 Å². The van der Waals surface area contributed by atoms with Crippen molar-refractivity contribution in [1.82, 2.24) is 19.5 Å². The van der Waals surface area contributed by atoms with Crippen LogP contribution in [0.4, 0.5) is 11.6 Å². The van der Waals surface area contributed by atoms with Gasteiger partial charge in [0.2, 0.25) is 11.9 Å². The molecule has 2 aliphatic carbocycles. The van der Waals surface area contributed by atoms with Crippen molar-refractivity contribution in [2.75, 3.05) is 4.90 Å². The number of allylic oxidation sites excluding steroid dienone is 2. The zero-order chi connectivity index (χ0) is 31.3. The van der Waals surface area contributed by atoms with Crippen LogP contribution in [0.3, 0.4) is 0 Å². The highest BCUT2D eigenvalue weighted by Gasteiger charge is 2.39. The molecule has 5 nitrogen and oxygen atoms in total. The Bertz CT molecular complexity index is 2470. The number of para-hydroxylation sites is 2. The van der Waals surface area contributed by atoms with Crippen LogP contribution in [0.25, 0.3) is 50.3 Å². The first-order valence-corrected chi connectivity index (χ1v) is 16.3. The summed E-state index contributed by atoms with van der Waals surface area (Å²) in [5.41, 5.74) is 10.7. The molecule has 10 rings (SSSR count). The van der Waals surface area contributed by atoms with E-state index in [-0.39, 0.29) is 17.4 Å². The van der Waals surface area contributed by atoms with Crippen LogP contribution in [0, 0.1) is 0 Å². The van der Waals surface area contributed by atoms with Crippen molar-refractivity contribution in [2.24, 2.45) is 0 Å². The first-order chi connectivity index (χ1) is 23.1. The van der Waals surface area contributed by atoms with Gasteiger partial charge in [-0.1, -0.05) is 129 Å². The van der Waals surface area contributed by atoms with E-state index in [1.807, 2.05) is 18.2 Å². The lowest BCUT2D eigenvalue weighted by Gasteiger charge is -2.27. The summed E-state index contributed by atoms with van der Waals surface area (Å²) < 4.78 is 2.24. The first kappa shape index (κ1) is 26.4. The quantitative estimate of drug-likeness (QED) is 0.201. The SMILES string of the molecule is CC1(C)c2ccccc2-c2cc3c(cc21)c1ccccc1n3-c1nc(-c2ccccc2)nc(N2c3ccccc3C3C=CC=CC32)n1.